The van der Waals surface area contributed by atoms with Gasteiger partial charge in [0.1, 0.15) is 16.1 Å². The van der Waals surface area contributed by atoms with Gasteiger partial charge < -0.3 is 10.1 Å². The fourth-order valence-electron chi connectivity index (χ4n) is 3.08. The van der Waals surface area contributed by atoms with E-state index in [2.05, 4.69) is 38.2 Å². The number of rotatable bonds is 5. The quantitative estimate of drug-likeness (QED) is 0.496. The van der Waals surface area contributed by atoms with Crippen LogP contribution in [0, 0.1) is 0 Å². The van der Waals surface area contributed by atoms with Crippen LogP contribution in [0.5, 0.6) is 5.75 Å². The lowest BCUT2D eigenvalue weighted by Crippen LogP contribution is -2.44. The Bertz CT molecular complexity index is 1020. The van der Waals surface area contributed by atoms with Gasteiger partial charge in [0, 0.05) is 5.69 Å². The maximum Gasteiger partial charge on any atom is 0.266 e. The van der Waals surface area contributed by atoms with Crippen LogP contribution in [-0.2, 0) is 15.0 Å². The Morgan fingerprint density at radius 1 is 1.13 bits per heavy atom. The van der Waals surface area contributed by atoms with Crippen molar-refractivity contribution >= 4 is 51.9 Å². The molecule has 1 heterocycles. The number of methoxy groups -OCH3 is 1. The predicted molar refractivity (Wildman–Crippen MR) is 131 cm³/mol. The Labute approximate surface area is 192 Å². The zero-order valence-electron chi connectivity index (χ0n) is 18.3. The topological polar surface area (TPSA) is 58.6 Å². The van der Waals surface area contributed by atoms with Crippen molar-refractivity contribution in [1.29, 1.82) is 0 Å². The lowest BCUT2D eigenvalue weighted by atomic mass is 9.87. The third-order valence-corrected chi connectivity index (χ3v) is 6.35. The molecular weight excluding hydrogens is 428 g/mol. The van der Waals surface area contributed by atoms with Crippen LogP contribution in [0.4, 0.5) is 5.69 Å². The molecular formula is C24H26N2O3S2. The van der Waals surface area contributed by atoms with Gasteiger partial charge in [0.05, 0.1) is 12.0 Å². The normalized spacial score (nSPS) is 16.5. The minimum atomic E-state index is -0.733. The van der Waals surface area contributed by atoms with Crippen molar-refractivity contribution in [3.05, 3.63) is 64.6 Å². The van der Waals surface area contributed by atoms with Crippen LogP contribution in [0.2, 0.25) is 0 Å². The van der Waals surface area contributed by atoms with Gasteiger partial charge in [-0.1, -0.05) is 69.0 Å². The predicted octanol–water partition coefficient (Wildman–Crippen LogP) is 5.22. The molecule has 1 aliphatic rings. The first-order valence-electron chi connectivity index (χ1n) is 9.92. The third kappa shape index (κ3) is 5.35. The lowest BCUT2D eigenvalue weighted by molar-refractivity contribution is -0.129. The number of hydrogen-bond donors (Lipinski definition) is 1. The zero-order chi connectivity index (χ0) is 22.8. The number of thioether (sulfide) groups is 1. The number of nitrogens with one attached hydrogen (secondary N) is 1. The first-order valence-corrected chi connectivity index (χ1v) is 11.1. The molecule has 2 aromatic carbocycles. The molecule has 2 aromatic rings. The first-order chi connectivity index (χ1) is 14.6. The summed E-state index contributed by atoms with van der Waals surface area (Å²) in [7, 11) is 1.58. The largest absolute Gasteiger partial charge is 0.497 e. The smallest absolute Gasteiger partial charge is 0.266 e. The van der Waals surface area contributed by atoms with E-state index in [9.17, 15) is 9.59 Å². The second kappa shape index (κ2) is 9.24. The van der Waals surface area contributed by atoms with Crippen molar-refractivity contribution < 1.29 is 14.3 Å². The third-order valence-electron chi connectivity index (χ3n) is 5.02. The number of benzene rings is 2. The average Bonchev–Trinajstić information content (AvgIpc) is 3.00. The van der Waals surface area contributed by atoms with E-state index in [1.54, 1.807) is 38.3 Å². The number of hydrogen-bond acceptors (Lipinski definition) is 5. The summed E-state index contributed by atoms with van der Waals surface area (Å²) in [5.41, 5.74) is 2.83. The summed E-state index contributed by atoms with van der Waals surface area (Å²) in [6.45, 7) is 8.15. The Hall–Kier alpha value is -2.64. The molecule has 1 unspecified atom stereocenters. The zero-order valence-corrected chi connectivity index (χ0v) is 19.9. The second-order valence-corrected chi connectivity index (χ2v) is 9.99. The molecule has 0 radical (unpaired) electrons. The van der Waals surface area contributed by atoms with E-state index in [1.807, 2.05) is 18.2 Å². The van der Waals surface area contributed by atoms with Crippen molar-refractivity contribution in [3.63, 3.8) is 0 Å². The number of carbonyl (C=O) groups is 2. The van der Waals surface area contributed by atoms with Crippen LogP contribution < -0.4 is 10.1 Å². The minimum Gasteiger partial charge on any atom is -0.497 e. The Balaban J connectivity index is 1.72. The number of carbonyl (C=O) groups excluding carboxylic acids is 2. The molecule has 1 aliphatic heterocycles. The highest BCUT2D eigenvalue weighted by atomic mass is 32.2. The SMILES string of the molecule is COc1ccc(NC(=O)C(C)N2C(=O)/C(=C/c3ccc(C(C)(C)C)cc3)SC2=S)cc1. The van der Waals surface area contributed by atoms with Crippen LogP contribution >= 0.6 is 24.0 Å². The van der Waals surface area contributed by atoms with E-state index in [1.165, 1.54) is 22.2 Å². The highest BCUT2D eigenvalue weighted by Crippen LogP contribution is 2.34. The first kappa shape index (κ1) is 23.0. The molecule has 0 aliphatic carbocycles. The van der Waals surface area contributed by atoms with Gasteiger partial charge in [-0.3, -0.25) is 14.5 Å². The Morgan fingerprint density at radius 2 is 1.74 bits per heavy atom. The van der Waals surface area contributed by atoms with Crippen molar-refractivity contribution in [2.75, 3.05) is 12.4 Å². The molecule has 1 atom stereocenters. The van der Waals surface area contributed by atoms with E-state index in [-0.39, 0.29) is 17.2 Å². The summed E-state index contributed by atoms with van der Waals surface area (Å²) in [6.07, 6.45) is 1.82. The van der Waals surface area contributed by atoms with E-state index < -0.39 is 6.04 Å². The number of ether oxygens (including phenoxy) is 1. The maximum absolute atomic E-state index is 13.0. The fourth-order valence-corrected chi connectivity index (χ4v) is 4.50. The lowest BCUT2D eigenvalue weighted by Gasteiger charge is -2.22. The molecule has 7 heteroatoms. The minimum absolute atomic E-state index is 0.0641. The maximum atomic E-state index is 13.0. The number of thiocarbonyl (C=S) groups is 1. The van der Waals surface area contributed by atoms with Gasteiger partial charge in [0.25, 0.3) is 5.91 Å². The molecule has 0 aromatic heterocycles. The molecule has 162 valence electrons. The van der Waals surface area contributed by atoms with Crippen LogP contribution in [0.1, 0.15) is 38.8 Å². The van der Waals surface area contributed by atoms with Crippen molar-refractivity contribution in [3.8, 4) is 5.75 Å². The van der Waals surface area contributed by atoms with Gasteiger partial charge in [0.2, 0.25) is 5.91 Å². The molecule has 0 spiro atoms. The molecule has 31 heavy (non-hydrogen) atoms. The summed E-state index contributed by atoms with van der Waals surface area (Å²) >= 11 is 6.62. The average molecular weight is 455 g/mol. The molecule has 5 nitrogen and oxygen atoms in total. The molecule has 2 amide bonds. The molecule has 0 saturated carbocycles. The fraction of sp³-hybridized carbons (Fsp3) is 0.292. The summed E-state index contributed by atoms with van der Waals surface area (Å²) in [5, 5.41) is 2.82. The summed E-state index contributed by atoms with van der Waals surface area (Å²) in [4.78, 5) is 27.6. The van der Waals surface area contributed by atoms with Gasteiger partial charge in [-0.05, 0) is 53.8 Å². The van der Waals surface area contributed by atoms with E-state index in [4.69, 9.17) is 17.0 Å². The number of anilines is 1. The van der Waals surface area contributed by atoms with Crippen LogP contribution in [0.3, 0.4) is 0 Å². The van der Waals surface area contributed by atoms with E-state index in [0.717, 1.165) is 5.56 Å². The highest BCUT2D eigenvalue weighted by Gasteiger charge is 2.38. The van der Waals surface area contributed by atoms with Crippen LogP contribution in [-0.4, -0.2) is 34.2 Å². The van der Waals surface area contributed by atoms with Gasteiger partial charge in [-0.25, -0.2) is 0 Å². The molecule has 3 rings (SSSR count). The Kier molecular flexibility index (Phi) is 6.86. The number of amides is 2. The monoisotopic (exact) mass is 454 g/mol. The molecule has 1 N–H and O–H groups in total. The van der Waals surface area contributed by atoms with Crippen molar-refractivity contribution in [2.24, 2.45) is 0 Å². The van der Waals surface area contributed by atoms with E-state index in [0.29, 0.717) is 20.7 Å². The summed E-state index contributed by atoms with van der Waals surface area (Å²) in [5.74, 6) is 0.133. The van der Waals surface area contributed by atoms with Crippen molar-refractivity contribution in [1.82, 2.24) is 4.90 Å². The van der Waals surface area contributed by atoms with Crippen LogP contribution in [0.25, 0.3) is 6.08 Å². The standard InChI is InChI=1S/C24H26N2O3S2/c1-15(21(27)25-18-10-12-19(29-5)13-11-18)26-22(28)20(31-23(26)30)14-16-6-8-17(9-7-16)24(2,3)4/h6-15H,1-5H3,(H,25,27)/b20-14-. The highest BCUT2D eigenvalue weighted by molar-refractivity contribution is 8.26. The number of nitrogens with zero attached hydrogens (tertiary/aromatic N) is 1. The molecule has 1 fully saturated rings. The second-order valence-electron chi connectivity index (χ2n) is 8.32. The van der Waals surface area contributed by atoms with E-state index >= 15 is 0 Å². The Morgan fingerprint density at radius 3 is 2.29 bits per heavy atom. The summed E-state index contributed by atoms with van der Waals surface area (Å²) < 4.78 is 5.50. The molecule has 1 saturated heterocycles. The van der Waals surface area contributed by atoms with Gasteiger partial charge in [0.15, 0.2) is 0 Å². The summed E-state index contributed by atoms with van der Waals surface area (Å²) in [6, 6.07) is 14.4. The van der Waals surface area contributed by atoms with Gasteiger partial charge in [-0.2, -0.15) is 0 Å². The van der Waals surface area contributed by atoms with Gasteiger partial charge >= 0.3 is 0 Å². The van der Waals surface area contributed by atoms with Gasteiger partial charge in [-0.15, -0.1) is 0 Å². The molecule has 0 bridgehead atoms. The van der Waals surface area contributed by atoms with Crippen LogP contribution in [0.15, 0.2) is 53.4 Å². The van der Waals surface area contributed by atoms with Crippen molar-refractivity contribution in [2.45, 2.75) is 39.2 Å².